The van der Waals surface area contributed by atoms with Gasteiger partial charge in [-0.15, -0.1) is 23.2 Å². The molecule has 0 amide bonds. The summed E-state index contributed by atoms with van der Waals surface area (Å²) in [5.41, 5.74) is 2.03. The summed E-state index contributed by atoms with van der Waals surface area (Å²) in [5, 5.41) is 9.73. The minimum atomic E-state index is -0.263. The summed E-state index contributed by atoms with van der Waals surface area (Å²) >= 11 is 9.53. The van der Waals surface area contributed by atoms with Crippen molar-refractivity contribution in [3.8, 4) is 0 Å². The lowest BCUT2D eigenvalue weighted by Crippen LogP contribution is -2.28. The zero-order valence-corrected chi connectivity index (χ0v) is 25.7. The number of benzene rings is 2. The summed E-state index contributed by atoms with van der Waals surface area (Å²) in [4.78, 5) is 35.2. The molecule has 1 atom stereocenters. The van der Waals surface area contributed by atoms with Crippen LogP contribution in [-0.4, -0.2) is 34.3 Å². The van der Waals surface area contributed by atoms with E-state index in [2.05, 4.69) is 0 Å². The molecule has 2 aliphatic rings. The van der Waals surface area contributed by atoms with Gasteiger partial charge in [-0.25, -0.2) is 0 Å². The standard InChI is InChI=1S/C16H22O3.C16H20O3.CH2Cl2/c2*1-12(17)14-7-9-15(10-8-14)16(18)19-11-13-5-3-2-4-6-13;2-1-3/h2-6,12,14-15,17H,7-11H2,1H3;2-6,14-15H,7-11H2,1H3;1H2. The zero-order valence-electron chi connectivity index (χ0n) is 24.2. The Morgan fingerprint density at radius 3 is 1.39 bits per heavy atom. The summed E-state index contributed by atoms with van der Waals surface area (Å²) in [6, 6.07) is 19.4. The minimum absolute atomic E-state index is 0.0127. The lowest BCUT2D eigenvalue weighted by Gasteiger charge is -2.28. The van der Waals surface area contributed by atoms with Gasteiger partial charge >= 0.3 is 11.9 Å². The van der Waals surface area contributed by atoms with Crippen LogP contribution in [0.3, 0.4) is 0 Å². The second-order valence-electron chi connectivity index (χ2n) is 10.8. The second-order valence-corrected chi connectivity index (χ2v) is 11.6. The quantitative estimate of drug-likeness (QED) is 0.248. The van der Waals surface area contributed by atoms with Gasteiger partial charge in [0, 0.05) is 5.92 Å². The molecule has 0 heterocycles. The third-order valence-electron chi connectivity index (χ3n) is 7.87. The van der Waals surface area contributed by atoms with Crippen molar-refractivity contribution in [3.05, 3.63) is 71.8 Å². The Labute approximate surface area is 254 Å². The highest BCUT2D eigenvalue weighted by Gasteiger charge is 2.30. The number of ketones is 1. The van der Waals surface area contributed by atoms with Crippen LogP contribution in [0.2, 0.25) is 0 Å². The van der Waals surface area contributed by atoms with Crippen molar-refractivity contribution in [1.29, 1.82) is 0 Å². The Bertz CT molecular complexity index is 1010. The van der Waals surface area contributed by atoms with E-state index in [9.17, 15) is 19.5 Å². The SMILES string of the molecule is CC(=O)C1CCC(C(=O)OCc2ccccc2)CC1.CC(O)C1CCC(C(=O)OCc2ccccc2)CC1.ClCCl. The summed E-state index contributed by atoms with van der Waals surface area (Å²) in [7, 11) is 0. The van der Waals surface area contributed by atoms with E-state index in [0.29, 0.717) is 19.1 Å². The fraction of sp³-hybridized carbons (Fsp3) is 0.545. The Balaban J connectivity index is 0.000000262. The number of carbonyl (C=O) groups is 3. The molecule has 0 radical (unpaired) electrons. The molecular weight excluding hydrogens is 563 g/mol. The molecule has 6 nitrogen and oxygen atoms in total. The number of rotatable bonds is 8. The van der Waals surface area contributed by atoms with E-state index in [1.54, 1.807) is 6.92 Å². The molecule has 2 aromatic carbocycles. The van der Waals surface area contributed by atoms with Gasteiger partial charge in [-0.1, -0.05) is 60.7 Å². The molecule has 1 N–H and O–H groups in total. The van der Waals surface area contributed by atoms with E-state index in [0.717, 1.165) is 62.5 Å². The predicted molar refractivity (Wildman–Crippen MR) is 162 cm³/mol. The lowest BCUT2D eigenvalue weighted by molar-refractivity contribution is -0.152. The molecule has 2 saturated carbocycles. The molecule has 1 unspecified atom stereocenters. The number of hydrogen-bond acceptors (Lipinski definition) is 6. The summed E-state index contributed by atoms with van der Waals surface area (Å²) in [6.07, 6.45) is 6.44. The number of alkyl halides is 2. The number of ether oxygens (including phenoxy) is 2. The van der Waals surface area contributed by atoms with Gasteiger partial charge in [0.15, 0.2) is 0 Å². The first-order valence-corrected chi connectivity index (χ1v) is 15.5. The molecule has 226 valence electrons. The number of aliphatic hydroxyl groups excluding tert-OH is 1. The van der Waals surface area contributed by atoms with Crippen molar-refractivity contribution in [2.24, 2.45) is 23.7 Å². The van der Waals surface area contributed by atoms with E-state index in [1.165, 1.54) is 0 Å². The van der Waals surface area contributed by atoms with Crippen LogP contribution in [0.15, 0.2) is 60.7 Å². The van der Waals surface area contributed by atoms with Crippen LogP contribution in [-0.2, 0) is 37.1 Å². The van der Waals surface area contributed by atoms with Gasteiger partial charge in [0.05, 0.1) is 23.3 Å². The van der Waals surface area contributed by atoms with Gasteiger partial charge in [-0.3, -0.25) is 14.4 Å². The van der Waals surface area contributed by atoms with Gasteiger partial charge in [-0.05, 0) is 82.3 Å². The first-order chi connectivity index (χ1) is 19.7. The highest BCUT2D eigenvalue weighted by Crippen LogP contribution is 2.32. The van der Waals surface area contributed by atoms with E-state index >= 15 is 0 Å². The smallest absolute Gasteiger partial charge is 0.309 e. The van der Waals surface area contributed by atoms with Crippen LogP contribution >= 0.6 is 23.2 Å². The molecule has 2 fully saturated rings. The minimum Gasteiger partial charge on any atom is -0.461 e. The Morgan fingerprint density at radius 2 is 1.05 bits per heavy atom. The molecule has 4 rings (SSSR count). The maximum absolute atomic E-state index is 12.0. The Morgan fingerprint density at radius 1 is 0.707 bits per heavy atom. The molecule has 8 heteroatoms. The zero-order chi connectivity index (χ0) is 30.0. The van der Waals surface area contributed by atoms with E-state index < -0.39 is 0 Å². The number of halogens is 2. The molecule has 41 heavy (non-hydrogen) atoms. The number of hydrogen-bond donors (Lipinski definition) is 1. The third kappa shape index (κ3) is 13.4. The lowest BCUT2D eigenvalue weighted by atomic mass is 9.80. The summed E-state index contributed by atoms with van der Waals surface area (Å²) in [6.45, 7) is 4.17. The number of aliphatic hydroxyl groups is 1. The highest BCUT2D eigenvalue weighted by molar-refractivity contribution is 6.40. The monoisotopic (exact) mass is 606 g/mol. The maximum Gasteiger partial charge on any atom is 0.309 e. The molecule has 2 aromatic rings. The van der Waals surface area contributed by atoms with Crippen LogP contribution < -0.4 is 0 Å². The average molecular weight is 608 g/mol. The van der Waals surface area contributed by atoms with Crippen LogP contribution in [0.25, 0.3) is 0 Å². The molecule has 0 aliphatic heterocycles. The fourth-order valence-corrected chi connectivity index (χ4v) is 5.27. The topological polar surface area (TPSA) is 89.9 Å². The normalized spacial score (nSPS) is 22.5. The van der Waals surface area contributed by atoms with Crippen LogP contribution in [0.1, 0.15) is 76.3 Å². The van der Waals surface area contributed by atoms with Gasteiger partial charge in [-0.2, -0.15) is 0 Å². The molecule has 0 saturated heterocycles. The van der Waals surface area contributed by atoms with Crippen molar-refractivity contribution >= 4 is 40.9 Å². The third-order valence-corrected chi connectivity index (χ3v) is 7.87. The summed E-state index contributed by atoms with van der Waals surface area (Å²) < 4.78 is 10.7. The van der Waals surface area contributed by atoms with Crippen LogP contribution in [0.5, 0.6) is 0 Å². The molecular formula is C33H44Cl2O6. The van der Waals surface area contributed by atoms with E-state index in [-0.39, 0.29) is 46.9 Å². The van der Waals surface area contributed by atoms with Gasteiger partial charge in [0.2, 0.25) is 0 Å². The average Bonchev–Trinajstić information content (AvgIpc) is 3.00. The maximum atomic E-state index is 12.0. The van der Waals surface area contributed by atoms with Crippen molar-refractivity contribution in [2.75, 3.05) is 5.34 Å². The first-order valence-electron chi connectivity index (χ1n) is 14.5. The van der Waals surface area contributed by atoms with E-state index in [1.807, 2.05) is 67.6 Å². The predicted octanol–water partition coefficient (Wildman–Crippen LogP) is 7.46. The van der Waals surface area contributed by atoms with Gasteiger partial charge < -0.3 is 14.6 Å². The van der Waals surface area contributed by atoms with Crippen molar-refractivity contribution in [3.63, 3.8) is 0 Å². The van der Waals surface area contributed by atoms with Crippen molar-refractivity contribution in [1.82, 2.24) is 0 Å². The van der Waals surface area contributed by atoms with Gasteiger partial charge in [0.25, 0.3) is 0 Å². The fourth-order valence-electron chi connectivity index (χ4n) is 5.27. The van der Waals surface area contributed by atoms with Crippen molar-refractivity contribution < 1.29 is 29.0 Å². The largest absolute Gasteiger partial charge is 0.461 e. The second kappa shape index (κ2) is 19.7. The summed E-state index contributed by atoms with van der Waals surface area (Å²) in [5.74, 6) is 0.518. The van der Waals surface area contributed by atoms with Crippen LogP contribution in [0.4, 0.5) is 0 Å². The number of esters is 2. The van der Waals surface area contributed by atoms with Crippen LogP contribution in [0, 0.1) is 23.7 Å². The molecule has 0 aromatic heterocycles. The van der Waals surface area contributed by atoms with Crippen molar-refractivity contribution in [2.45, 2.75) is 84.5 Å². The Kier molecular flexibility index (Phi) is 16.7. The Hall–Kier alpha value is -2.41. The first kappa shape index (κ1) is 34.8. The molecule has 2 aliphatic carbocycles. The van der Waals surface area contributed by atoms with Gasteiger partial charge in [0.1, 0.15) is 19.0 Å². The van der Waals surface area contributed by atoms with E-state index in [4.69, 9.17) is 32.7 Å². The highest BCUT2D eigenvalue weighted by atomic mass is 35.5. The number of carbonyl (C=O) groups excluding carboxylic acids is 3. The number of Topliss-reactive ketones (excluding diaryl/α,β-unsaturated/α-hetero) is 1. The molecule has 0 spiro atoms. The molecule has 0 bridgehead atoms.